The van der Waals surface area contributed by atoms with Crippen LogP contribution in [0.5, 0.6) is 0 Å². The first-order chi connectivity index (χ1) is 9.61. The van der Waals surface area contributed by atoms with Crippen molar-refractivity contribution < 1.29 is 4.79 Å². The molecule has 0 bridgehead atoms. The predicted molar refractivity (Wildman–Crippen MR) is 85.2 cm³/mol. The van der Waals surface area contributed by atoms with Crippen LogP contribution in [-0.4, -0.2) is 31.3 Å². The smallest absolute Gasteiger partial charge is 0.140 e. The number of hydrogen-bond acceptors (Lipinski definition) is 2. The molecule has 0 amide bonds. The molecule has 1 unspecified atom stereocenters. The lowest BCUT2D eigenvalue weighted by Gasteiger charge is -2.18. The second-order valence-electron chi connectivity index (χ2n) is 5.57. The number of carbonyl (C=O) groups excluding carboxylic acids is 1. The van der Waals surface area contributed by atoms with Crippen molar-refractivity contribution in [3.05, 3.63) is 48.0 Å². The number of nitrogens with zero attached hydrogens (tertiary/aromatic N) is 1. The Balaban J connectivity index is 2.32. The fourth-order valence-electron chi connectivity index (χ4n) is 2.57. The molecule has 2 rings (SSSR count). The van der Waals surface area contributed by atoms with Crippen LogP contribution in [0.1, 0.15) is 31.2 Å². The molecule has 0 aliphatic heterocycles. The van der Waals surface area contributed by atoms with Gasteiger partial charge in [-0.1, -0.05) is 49.4 Å². The summed E-state index contributed by atoms with van der Waals surface area (Å²) in [6.07, 6.45) is 1.49. The number of carbonyl (C=O) groups is 1. The van der Waals surface area contributed by atoms with Crippen LogP contribution in [0.25, 0.3) is 10.8 Å². The van der Waals surface area contributed by atoms with Crippen molar-refractivity contribution in [1.29, 1.82) is 0 Å². The summed E-state index contributed by atoms with van der Waals surface area (Å²) < 4.78 is 0. The van der Waals surface area contributed by atoms with Crippen molar-refractivity contribution in [1.82, 2.24) is 4.90 Å². The molecule has 0 fully saturated rings. The quantitative estimate of drug-likeness (QED) is 0.794. The maximum absolute atomic E-state index is 12.2. The van der Waals surface area contributed by atoms with E-state index in [0.29, 0.717) is 12.2 Å². The highest BCUT2D eigenvalue weighted by atomic mass is 16.1. The number of ketones is 1. The predicted octanol–water partition coefficient (Wildman–Crippen LogP) is 3.85. The molecule has 2 heteroatoms. The molecule has 0 aliphatic carbocycles. The molecule has 0 aliphatic rings. The van der Waals surface area contributed by atoms with Crippen LogP contribution in [0, 0.1) is 0 Å². The van der Waals surface area contributed by atoms with E-state index in [-0.39, 0.29) is 5.92 Å². The standard InChI is InChI=1S/C18H23NO/c1-4-18(20)17(11-12-19(2)3)16-10-9-14-7-5-6-8-15(14)13-16/h5-10,13,17H,4,11-12H2,1-3H3. The second-order valence-corrected chi connectivity index (χ2v) is 5.57. The minimum Gasteiger partial charge on any atom is -0.309 e. The van der Waals surface area contributed by atoms with Crippen LogP contribution in [-0.2, 0) is 4.79 Å². The van der Waals surface area contributed by atoms with Gasteiger partial charge in [0.25, 0.3) is 0 Å². The molecule has 0 radical (unpaired) electrons. The van der Waals surface area contributed by atoms with Gasteiger partial charge in [-0.15, -0.1) is 0 Å². The van der Waals surface area contributed by atoms with Gasteiger partial charge in [0, 0.05) is 12.3 Å². The first-order valence-electron chi connectivity index (χ1n) is 7.28. The van der Waals surface area contributed by atoms with Crippen molar-refractivity contribution in [3.63, 3.8) is 0 Å². The summed E-state index contributed by atoms with van der Waals surface area (Å²) in [4.78, 5) is 14.4. The highest BCUT2D eigenvalue weighted by Gasteiger charge is 2.19. The third-order valence-electron chi connectivity index (χ3n) is 3.78. The van der Waals surface area contributed by atoms with E-state index in [2.05, 4.69) is 35.2 Å². The summed E-state index contributed by atoms with van der Waals surface area (Å²) in [7, 11) is 4.10. The number of benzene rings is 2. The molecule has 0 saturated heterocycles. The fourth-order valence-corrected chi connectivity index (χ4v) is 2.57. The van der Waals surface area contributed by atoms with Crippen molar-refractivity contribution >= 4 is 16.6 Å². The van der Waals surface area contributed by atoms with Crippen molar-refractivity contribution in [3.8, 4) is 0 Å². The average Bonchev–Trinajstić information content (AvgIpc) is 2.46. The lowest BCUT2D eigenvalue weighted by molar-refractivity contribution is -0.120. The normalized spacial score (nSPS) is 12.8. The van der Waals surface area contributed by atoms with Gasteiger partial charge < -0.3 is 4.90 Å². The highest BCUT2D eigenvalue weighted by Crippen LogP contribution is 2.26. The minimum atomic E-state index is 0.0204. The third-order valence-corrected chi connectivity index (χ3v) is 3.78. The van der Waals surface area contributed by atoms with Crippen molar-refractivity contribution in [2.75, 3.05) is 20.6 Å². The van der Waals surface area contributed by atoms with Gasteiger partial charge in [0.15, 0.2) is 0 Å². The summed E-state index contributed by atoms with van der Waals surface area (Å²) >= 11 is 0. The van der Waals surface area contributed by atoms with Crippen LogP contribution in [0.2, 0.25) is 0 Å². The van der Waals surface area contributed by atoms with Crippen LogP contribution in [0.3, 0.4) is 0 Å². The first kappa shape index (κ1) is 14.7. The summed E-state index contributed by atoms with van der Waals surface area (Å²) in [6.45, 7) is 2.88. The topological polar surface area (TPSA) is 20.3 Å². The van der Waals surface area contributed by atoms with Gasteiger partial charge in [0.1, 0.15) is 5.78 Å². The van der Waals surface area contributed by atoms with E-state index in [9.17, 15) is 4.79 Å². The van der Waals surface area contributed by atoms with Gasteiger partial charge in [-0.05, 0) is 43.4 Å². The maximum Gasteiger partial charge on any atom is 0.140 e. The number of rotatable bonds is 6. The molecule has 0 spiro atoms. The van der Waals surface area contributed by atoms with Crippen LogP contribution in [0.4, 0.5) is 0 Å². The number of hydrogen-bond donors (Lipinski definition) is 0. The maximum atomic E-state index is 12.2. The van der Waals surface area contributed by atoms with Gasteiger partial charge in [-0.3, -0.25) is 4.79 Å². The monoisotopic (exact) mass is 269 g/mol. The van der Waals surface area contributed by atoms with E-state index in [0.717, 1.165) is 18.5 Å². The molecule has 2 nitrogen and oxygen atoms in total. The van der Waals surface area contributed by atoms with E-state index in [4.69, 9.17) is 0 Å². The number of Topliss-reactive ketones (excluding diaryl/α,β-unsaturated/α-hetero) is 1. The summed E-state index contributed by atoms with van der Waals surface area (Å²) in [5.74, 6) is 0.356. The molecule has 1 atom stereocenters. The van der Waals surface area contributed by atoms with Crippen LogP contribution >= 0.6 is 0 Å². The Morgan fingerprint density at radius 3 is 2.45 bits per heavy atom. The molecular formula is C18H23NO. The second kappa shape index (κ2) is 6.67. The largest absolute Gasteiger partial charge is 0.309 e. The highest BCUT2D eigenvalue weighted by molar-refractivity contribution is 5.88. The Kier molecular flexibility index (Phi) is 4.91. The lowest BCUT2D eigenvalue weighted by Crippen LogP contribution is -2.20. The van der Waals surface area contributed by atoms with Gasteiger partial charge in [0.2, 0.25) is 0 Å². The molecule has 106 valence electrons. The van der Waals surface area contributed by atoms with Gasteiger partial charge in [-0.25, -0.2) is 0 Å². The summed E-state index contributed by atoms with van der Waals surface area (Å²) in [5, 5.41) is 2.44. The third kappa shape index (κ3) is 3.45. The Bertz CT molecular complexity index is 589. The van der Waals surface area contributed by atoms with Gasteiger partial charge in [0.05, 0.1) is 0 Å². The fraction of sp³-hybridized carbons (Fsp3) is 0.389. The molecule has 0 N–H and O–H groups in total. The SMILES string of the molecule is CCC(=O)C(CCN(C)C)c1ccc2ccccc2c1. The molecule has 0 saturated carbocycles. The molecule has 0 heterocycles. The molecule has 0 aromatic heterocycles. The van der Waals surface area contributed by atoms with Crippen LogP contribution in [0.15, 0.2) is 42.5 Å². The Hall–Kier alpha value is -1.67. The van der Waals surface area contributed by atoms with Gasteiger partial charge >= 0.3 is 0 Å². The zero-order valence-electron chi connectivity index (χ0n) is 12.6. The van der Waals surface area contributed by atoms with E-state index in [1.165, 1.54) is 10.8 Å². The van der Waals surface area contributed by atoms with E-state index in [1.54, 1.807) is 0 Å². The van der Waals surface area contributed by atoms with Crippen LogP contribution < -0.4 is 0 Å². The van der Waals surface area contributed by atoms with E-state index < -0.39 is 0 Å². The summed E-state index contributed by atoms with van der Waals surface area (Å²) in [6, 6.07) is 14.7. The molecule has 20 heavy (non-hydrogen) atoms. The average molecular weight is 269 g/mol. The van der Waals surface area contributed by atoms with E-state index >= 15 is 0 Å². The summed E-state index contributed by atoms with van der Waals surface area (Å²) in [5.41, 5.74) is 1.15. The zero-order chi connectivity index (χ0) is 14.5. The Morgan fingerprint density at radius 1 is 1.10 bits per heavy atom. The molecule has 2 aromatic carbocycles. The van der Waals surface area contributed by atoms with Crippen molar-refractivity contribution in [2.45, 2.75) is 25.7 Å². The zero-order valence-corrected chi connectivity index (χ0v) is 12.6. The van der Waals surface area contributed by atoms with E-state index in [1.807, 2.05) is 33.2 Å². The Labute approximate surface area is 121 Å². The molecule has 2 aromatic rings. The minimum absolute atomic E-state index is 0.0204. The first-order valence-corrected chi connectivity index (χ1v) is 7.28. The van der Waals surface area contributed by atoms with Gasteiger partial charge in [-0.2, -0.15) is 0 Å². The molecular weight excluding hydrogens is 246 g/mol. The number of fused-ring (bicyclic) bond motifs is 1. The Morgan fingerprint density at radius 2 is 1.80 bits per heavy atom. The lowest BCUT2D eigenvalue weighted by atomic mass is 9.89. The van der Waals surface area contributed by atoms with Crippen molar-refractivity contribution in [2.24, 2.45) is 0 Å².